The van der Waals surface area contributed by atoms with E-state index in [1.807, 2.05) is 31.3 Å². The average molecular weight is 340 g/mol. The molecule has 0 aliphatic heterocycles. The zero-order valence-electron chi connectivity index (χ0n) is 14.6. The minimum Gasteiger partial charge on any atom is -0.506 e. The number of anilines is 2. The summed E-state index contributed by atoms with van der Waals surface area (Å²) in [6.45, 7) is 2.10. The highest BCUT2D eigenvalue weighted by Gasteiger charge is 2.06. The van der Waals surface area contributed by atoms with E-state index in [1.165, 1.54) is 6.07 Å². The molecular formula is C19H24N4O2. The van der Waals surface area contributed by atoms with Crippen molar-refractivity contribution >= 4 is 28.7 Å². The first-order chi connectivity index (χ1) is 12.1. The van der Waals surface area contributed by atoms with Gasteiger partial charge < -0.3 is 15.7 Å². The van der Waals surface area contributed by atoms with Gasteiger partial charge in [0.05, 0.1) is 5.69 Å². The summed E-state index contributed by atoms with van der Waals surface area (Å²) in [7, 11) is 1.81. The maximum Gasteiger partial charge on any atom is 0.224 e. The number of rotatable bonds is 8. The standard InChI is InChI=1S/C19H24N4O2/c1-3-4-5-10-19(25)21-14-11-12-17(18(24)13-14)23-22-16-9-7-6-8-15(16)20-2/h6-9,11-13,20,24H,3-5,10H2,1-2H3,(H,21,25). The Balaban J connectivity index is 2.04. The lowest BCUT2D eigenvalue weighted by Gasteiger charge is -2.07. The minimum atomic E-state index is -0.0508. The molecule has 2 aromatic rings. The average Bonchev–Trinajstić information content (AvgIpc) is 2.61. The van der Waals surface area contributed by atoms with Gasteiger partial charge in [0.15, 0.2) is 0 Å². The van der Waals surface area contributed by atoms with E-state index in [1.54, 1.807) is 12.1 Å². The fourth-order valence-electron chi connectivity index (χ4n) is 2.32. The molecule has 6 heteroatoms. The fourth-order valence-corrected chi connectivity index (χ4v) is 2.32. The summed E-state index contributed by atoms with van der Waals surface area (Å²) in [6, 6.07) is 12.3. The second-order valence-electron chi connectivity index (χ2n) is 5.68. The smallest absolute Gasteiger partial charge is 0.224 e. The molecule has 0 aromatic heterocycles. The van der Waals surface area contributed by atoms with Crippen molar-refractivity contribution in [3.8, 4) is 5.75 Å². The molecule has 0 spiro atoms. The Morgan fingerprint density at radius 1 is 1.08 bits per heavy atom. The second kappa shape index (κ2) is 9.42. The third kappa shape index (κ3) is 5.60. The number of hydrogen-bond acceptors (Lipinski definition) is 5. The first kappa shape index (κ1) is 18.4. The number of phenolic OH excluding ortho intramolecular Hbond substituents is 1. The molecule has 0 saturated carbocycles. The Kier molecular flexibility index (Phi) is 6.95. The Hall–Kier alpha value is -2.89. The van der Waals surface area contributed by atoms with Crippen LogP contribution in [0.15, 0.2) is 52.7 Å². The lowest BCUT2D eigenvalue weighted by Crippen LogP contribution is -2.10. The van der Waals surface area contributed by atoms with E-state index in [9.17, 15) is 9.90 Å². The summed E-state index contributed by atoms with van der Waals surface area (Å²) in [5.74, 6) is -0.0813. The van der Waals surface area contributed by atoms with E-state index in [4.69, 9.17) is 0 Å². The number of benzene rings is 2. The normalized spacial score (nSPS) is 10.8. The maximum absolute atomic E-state index is 11.8. The van der Waals surface area contributed by atoms with Gasteiger partial charge in [-0.2, -0.15) is 0 Å². The molecule has 0 radical (unpaired) electrons. The van der Waals surface area contributed by atoms with E-state index < -0.39 is 0 Å². The van der Waals surface area contributed by atoms with Gasteiger partial charge in [-0.15, -0.1) is 10.2 Å². The largest absolute Gasteiger partial charge is 0.506 e. The van der Waals surface area contributed by atoms with Gasteiger partial charge in [-0.05, 0) is 30.7 Å². The summed E-state index contributed by atoms with van der Waals surface area (Å²) in [5, 5.41) is 24.2. The molecule has 0 saturated heterocycles. The number of unbranched alkanes of at least 4 members (excludes halogenated alkanes) is 2. The molecule has 0 aliphatic carbocycles. The number of carbonyl (C=O) groups is 1. The zero-order valence-corrected chi connectivity index (χ0v) is 14.6. The van der Waals surface area contributed by atoms with Crippen LogP contribution in [-0.2, 0) is 4.79 Å². The molecule has 0 atom stereocenters. The van der Waals surface area contributed by atoms with Crippen molar-refractivity contribution in [3.05, 3.63) is 42.5 Å². The summed E-state index contributed by atoms with van der Waals surface area (Å²) in [6.07, 6.45) is 3.46. The molecule has 0 unspecified atom stereocenters. The lowest BCUT2D eigenvalue weighted by atomic mass is 10.2. The van der Waals surface area contributed by atoms with Gasteiger partial charge in [-0.3, -0.25) is 4.79 Å². The topological polar surface area (TPSA) is 86.1 Å². The zero-order chi connectivity index (χ0) is 18.1. The van der Waals surface area contributed by atoms with Crippen LogP contribution in [0.5, 0.6) is 5.75 Å². The molecule has 25 heavy (non-hydrogen) atoms. The van der Waals surface area contributed by atoms with E-state index >= 15 is 0 Å². The van der Waals surface area contributed by atoms with Gasteiger partial charge in [0.25, 0.3) is 0 Å². The number of azo groups is 1. The van der Waals surface area contributed by atoms with Gasteiger partial charge in [0.2, 0.25) is 5.91 Å². The molecule has 0 bridgehead atoms. The van der Waals surface area contributed by atoms with Crippen LogP contribution < -0.4 is 10.6 Å². The number of hydrogen-bond donors (Lipinski definition) is 3. The highest BCUT2D eigenvalue weighted by atomic mass is 16.3. The number of aromatic hydroxyl groups is 1. The molecule has 6 nitrogen and oxygen atoms in total. The molecular weight excluding hydrogens is 316 g/mol. The molecule has 2 aromatic carbocycles. The first-order valence-corrected chi connectivity index (χ1v) is 8.45. The van der Waals surface area contributed by atoms with Crippen LogP contribution in [0, 0.1) is 0 Å². The van der Waals surface area contributed by atoms with Crippen molar-refractivity contribution in [2.75, 3.05) is 17.7 Å². The van der Waals surface area contributed by atoms with Gasteiger partial charge in [0.1, 0.15) is 17.1 Å². The number of para-hydroxylation sites is 1. The van der Waals surface area contributed by atoms with Crippen molar-refractivity contribution < 1.29 is 9.90 Å². The lowest BCUT2D eigenvalue weighted by molar-refractivity contribution is -0.116. The minimum absolute atomic E-state index is 0.0305. The van der Waals surface area contributed by atoms with Gasteiger partial charge in [-0.25, -0.2) is 0 Å². The molecule has 1 amide bonds. The quantitative estimate of drug-likeness (QED) is 0.446. The highest BCUT2D eigenvalue weighted by Crippen LogP contribution is 2.32. The number of nitrogens with one attached hydrogen (secondary N) is 2. The fraction of sp³-hybridized carbons (Fsp3) is 0.316. The Morgan fingerprint density at radius 3 is 2.56 bits per heavy atom. The van der Waals surface area contributed by atoms with E-state index in [-0.39, 0.29) is 11.7 Å². The van der Waals surface area contributed by atoms with Crippen molar-refractivity contribution in [2.24, 2.45) is 10.2 Å². The van der Waals surface area contributed by atoms with Crippen LogP contribution in [0.4, 0.5) is 22.7 Å². The van der Waals surface area contributed by atoms with Gasteiger partial charge >= 0.3 is 0 Å². The summed E-state index contributed by atoms with van der Waals surface area (Å²) in [4.78, 5) is 11.8. The van der Waals surface area contributed by atoms with Crippen LogP contribution in [0.2, 0.25) is 0 Å². The highest BCUT2D eigenvalue weighted by molar-refractivity contribution is 5.91. The molecule has 0 aliphatic rings. The van der Waals surface area contributed by atoms with Crippen LogP contribution in [0.1, 0.15) is 32.6 Å². The number of nitrogens with zero attached hydrogens (tertiary/aromatic N) is 2. The Labute approximate surface area is 148 Å². The molecule has 2 rings (SSSR count). The molecule has 0 heterocycles. The second-order valence-corrected chi connectivity index (χ2v) is 5.68. The van der Waals surface area contributed by atoms with E-state index in [0.717, 1.165) is 24.9 Å². The third-order valence-electron chi connectivity index (χ3n) is 3.71. The van der Waals surface area contributed by atoms with Crippen molar-refractivity contribution in [3.63, 3.8) is 0 Å². The molecule has 3 N–H and O–H groups in total. The Morgan fingerprint density at radius 2 is 1.84 bits per heavy atom. The SMILES string of the molecule is CCCCCC(=O)Nc1ccc(N=Nc2ccccc2NC)c(O)c1. The van der Waals surface area contributed by atoms with Crippen molar-refractivity contribution in [1.82, 2.24) is 0 Å². The predicted octanol–water partition coefficient (Wildman–Crippen LogP) is 5.37. The van der Waals surface area contributed by atoms with E-state index in [2.05, 4.69) is 27.8 Å². The number of carbonyl (C=O) groups excluding carboxylic acids is 1. The first-order valence-electron chi connectivity index (χ1n) is 8.45. The van der Waals surface area contributed by atoms with Gasteiger partial charge in [0, 0.05) is 25.2 Å². The molecule has 132 valence electrons. The van der Waals surface area contributed by atoms with Crippen LogP contribution in [0.3, 0.4) is 0 Å². The van der Waals surface area contributed by atoms with Crippen molar-refractivity contribution in [2.45, 2.75) is 32.6 Å². The third-order valence-corrected chi connectivity index (χ3v) is 3.71. The van der Waals surface area contributed by atoms with Crippen molar-refractivity contribution in [1.29, 1.82) is 0 Å². The Bertz CT molecular complexity index is 744. The summed E-state index contributed by atoms with van der Waals surface area (Å²) in [5.41, 5.74) is 2.42. The van der Waals surface area contributed by atoms with E-state index in [0.29, 0.717) is 23.5 Å². The summed E-state index contributed by atoms with van der Waals surface area (Å²) >= 11 is 0. The summed E-state index contributed by atoms with van der Waals surface area (Å²) < 4.78 is 0. The predicted molar refractivity (Wildman–Crippen MR) is 101 cm³/mol. The maximum atomic E-state index is 11.8. The van der Waals surface area contributed by atoms with Crippen LogP contribution in [0.25, 0.3) is 0 Å². The molecule has 0 fully saturated rings. The number of amides is 1. The number of phenols is 1. The van der Waals surface area contributed by atoms with Crippen LogP contribution >= 0.6 is 0 Å². The van der Waals surface area contributed by atoms with Gasteiger partial charge in [-0.1, -0.05) is 31.9 Å². The monoisotopic (exact) mass is 340 g/mol. The van der Waals surface area contributed by atoms with Crippen LogP contribution in [-0.4, -0.2) is 18.1 Å².